The fourth-order valence-corrected chi connectivity index (χ4v) is 1.98. The van der Waals surface area contributed by atoms with Crippen molar-refractivity contribution in [1.82, 2.24) is 0 Å². The van der Waals surface area contributed by atoms with Gasteiger partial charge in [-0.05, 0) is 19.4 Å². The van der Waals surface area contributed by atoms with Crippen LogP contribution in [-0.2, 0) is 9.53 Å². The van der Waals surface area contributed by atoms with Gasteiger partial charge in [0.2, 0.25) is 0 Å². The number of hydrogen-bond donors (Lipinski definition) is 0. The summed E-state index contributed by atoms with van der Waals surface area (Å²) in [5.41, 5.74) is 0.415. The summed E-state index contributed by atoms with van der Waals surface area (Å²) in [5, 5.41) is 0. The highest BCUT2D eigenvalue weighted by Crippen LogP contribution is 2.43. The molecule has 0 amide bonds. The lowest BCUT2D eigenvalue weighted by atomic mass is 9.75. The van der Waals surface area contributed by atoms with Crippen molar-refractivity contribution in [3.8, 4) is 0 Å². The van der Waals surface area contributed by atoms with Gasteiger partial charge >= 0.3 is 5.97 Å². The van der Waals surface area contributed by atoms with E-state index in [-0.39, 0.29) is 17.5 Å². The highest BCUT2D eigenvalue weighted by molar-refractivity contribution is 5.92. The van der Waals surface area contributed by atoms with Crippen LogP contribution in [0.4, 0.5) is 0 Å². The average molecular weight is 208 g/mol. The molecule has 0 aromatic rings. The van der Waals surface area contributed by atoms with Gasteiger partial charge in [0.15, 0.2) is 0 Å². The molecule has 2 nitrogen and oxygen atoms in total. The van der Waals surface area contributed by atoms with Crippen LogP contribution in [0.3, 0.4) is 0 Å². The molecule has 0 aliphatic carbocycles. The Balaban J connectivity index is 2.88. The highest BCUT2D eigenvalue weighted by atomic mass is 16.6. The molecule has 0 N–H and O–H groups in total. The first-order chi connectivity index (χ1) is 7.06. The molecule has 1 aliphatic heterocycles. The van der Waals surface area contributed by atoms with Crippen LogP contribution in [0, 0.1) is 5.41 Å². The quantitative estimate of drug-likeness (QED) is 0.403. The number of cyclic esters (lactones) is 1. The SMILES string of the molecule is C=C1C(=O)O[C@H](/C=C/C)[C@@]1(C)CCCC. The minimum absolute atomic E-state index is 0.131. The molecule has 0 spiro atoms. The van der Waals surface area contributed by atoms with E-state index in [1.54, 1.807) is 0 Å². The lowest BCUT2D eigenvalue weighted by Crippen LogP contribution is -2.27. The molecule has 0 radical (unpaired) electrons. The van der Waals surface area contributed by atoms with Gasteiger partial charge in [-0.15, -0.1) is 0 Å². The maximum absolute atomic E-state index is 11.5. The molecule has 1 saturated heterocycles. The molecule has 84 valence electrons. The van der Waals surface area contributed by atoms with Crippen molar-refractivity contribution < 1.29 is 9.53 Å². The molecular formula is C13H20O2. The topological polar surface area (TPSA) is 26.3 Å². The summed E-state index contributed by atoms with van der Waals surface area (Å²) in [5.74, 6) is -0.239. The molecule has 2 atom stereocenters. The van der Waals surface area contributed by atoms with Gasteiger partial charge in [0.1, 0.15) is 6.10 Å². The zero-order valence-corrected chi connectivity index (χ0v) is 9.88. The van der Waals surface area contributed by atoms with Gasteiger partial charge in [-0.25, -0.2) is 4.79 Å². The molecular weight excluding hydrogens is 188 g/mol. The largest absolute Gasteiger partial charge is 0.454 e. The number of carbonyl (C=O) groups excluding carboxylic acids is 1. The molecule has 2 heteroatoms. The summed E-state index contributed by atoms with van der Waals surface area (Å²) in [4.78, 5) is 11.5. The number of rotatable bonds is 4. The Morgan fingerprint density at radius 2 is 2.27 bits per heavy atom. The maximum Gasteiger partial charge on any atom is 0.334 e. The normalized spacial score (nSPS) is 31.3. The van der Waals surface area contributed by atoms with Crippen LogP contribution in [0.2, 0.25) is 0 Å². The second kappa shape index (κ2) is 4.65. The summed E-state index contributed by atoms with van der Waals surface area (Å²) >= 11 is 0. The molecule has 0 aromatic carbocycles. The minimum Gasteiger partial charge on any atom is -0.454 e. The van der Waals surface area contributed by atoms with Gasteiger partial charge in [-0.1, -0.05) is 39.3 Å². The first kappa shape index (κ1) is 12.0. The summed E-state index contributed by atoms with van der Waals surface area (Å²) < 4.78 is 5.30. The van der Waals surface area contributed by atoms with Crippen molar-refractivity contribution in [3.63, 3.8) is 0 Å². The number of hydrogen-bond acceptors (Lipinski definition) is 2. The molecule has 1 rings (SSSR count). The highest BCUT2D eigenvalue weighted by Gasteiger charge is 2.46. The van der Waals surface area contributed by atoms with E-state index in [0.717, 1.165) is 19.3 Å². The predicted molar refractivity (Wildman–Crippen MR) is 61.5 cm³/mol. The molecule has 1 fully saturated rings. The van der Waals surface area contributed by atoms with Crippen LogP contribution in [0.5, 0.6) is 0 Å². The first-order valence-corrected chi connectivity index (χ1v) is 5.59. The first-order valence-electron chi connectivity index (χ1n) is 5.59. The number of esters is 1. The molecule has 0 bridgehead atoms. The summed E-state index contributed by atoms with van der Waals surface area (Å²) in [6, 6.07) is 0. The molecule has 15 heavy (non-hydrogen) atoms. The Kier molecular flexibility index (Phi) is 3.72. The molecule has 1 heterocycles. The van der Waals surface area contributed by atoms with Crippen LogP contribution in [0.25, 0.3) is 0 Å². The van der Waals surface area contributed by atoms with Crippen LogP contribution >= 0.6 is 0 Å². The van der Waals surface area contributed by atoms with Crippen molar-refractivity contribution in [3.05, 3.63) is 24.3 Å². The fraction of sp³-hybridized carbons (Fsp3) is 0.615. The average Bonchev–Trinajstić information content (AvgIpc) is 2.42. The number of allylic oxidation sites excluding steroid dienone is 1. The van der Waals surface area contributed by atoms with Crippen LogP contribution in [0.1, 0.15) is 40.0 Å². The molecule has 0 aromatic heterocycles. The lowest BCUT2D eigenvalue weighted by Gasteiger charge is -2.27. The summed E-state index contributed by atoms with van der Waals surface area (Å²) in [7, 11) is 0. The van der Waals surface area contributed by atoms with Gasteiger partial charge in [-0.2, -0.15) is 0 Å². The number of unbranched alkanes of at least 4 members (excludes halogenated alkanes) is 1. The van der Waals surface area contributed by atoms with E-state index in [1.807, 2.05) is 19.1 Å². The van der Waals surface area contributed by atoms with Gasteiger partial charge < -0.3 is 4.74 Å². The van der Waals surface area contributed by atoms with Gasteiger partial charge in [-0.3, -0.25) is 0 Å². The van der Waals surface area contributed by atoms with Gasteiger partial charge in [0.05, 0.1) is 0 Å². The standard InChI is InChI=1S/C13H20O2/c1-5-7-9-13(4)10(3)12(14)15-11(13)8-6-2/h6,8,11H,3,5,7,9H2,1-2,4H3/b8-6+/t11-,13+/m1/s1. The Morgan fingerprint density at radius 3 is 2.80 bits per heavy atom. The molecule has 0 saturated carbocycles. The van der Waals surface area contributed by atoms with E-state index < -0.39 is 0 Å². The van der Waals surface area contributed by atoms with E-state index in [0.29, 0.717) is 5.57 Å². The van der Waals surface area contributed by atoms with E-state index in [1.165, 1.54) is 0 Å². The van der Waals surface area contributed by atoms with Crippen molar-refractivity contribution in [2.75, 3.05) is 0 Å². The van der Waals surface area contributed by atoms with Crippen molar-refractivity contribution in [2.24, 2.45) is 5.41 Å². The van der Waals surface area contributed by atoms with Crippen LogP contribution in [-0.4, -0.2) is 12.1 Å². The van der Waals surface area contributed by atoms with E-state index in [2.05, 4.69) is 20.4 Å². The fourth-order valence-electron chi connectivity index (χ4n) is 1.98. The zero-order chi connectivity index (χ0) is 11.5. The Morgan fingerprint density at radius 1 is 1.60 bits per heavy atom. The summed E-state index contributed by atoms with van der Waals surface area (Å²) in [6.07, 6.45) is 6.93. The monoisotopic (exact) mass is 208 g/mol. The third kappa shape index (κ3) is 2.14. The Hall–Kier alpha value is -1.05. The second-order valence-corrected chi connectivity index (χ2v) is 4.35. The Labute approximate surface area is 92.0 Å². The van der Waals surface area contributed by atoms with Gasteiger partial charge in [0, 0.05) is 11.0 Å². The minimum atomic E-state index is -0.239. The smallest absolute Gasteiger partial charge is 0.334 e. The molecule has 1 aliphatic rings. The van der Waals surface area contributed by atoms with Crippen LogP contribution in [0.15, 0.2) is 24.3 Å². The van der Waals surface area contributed by atoms with E-state index >= 15 is 0 Å². The van der Waals surface area contributed by atoms with Crippen molar-refractivity contribution in [2.45, 2.75) is 46.1 Å². The number of carbonyl (C=O) groups is 1. The maximum atomic E-state index is 11.5. The Bertz CT molecular complexity index is 291. The zero-order valence-electron chi connectivity index (χ0n) is 9.88. The van der Waals surface area contributed by atoms with Crippen LogP contribution < -0.4 is 0 Å². The summed E-state index contributed by atoms with van der Waals surface area (Å²) in [6.45, 7) is 10.0. The van der Waals surface area contributed by atoms with E-state index in [9.17, 15) is 4.79 Å². The third-order valence-corrected chi connectivity index (χ3v) is 3.21. The predicted octanol–water partition coefficient (Wildman–Crippen LogP) is 3.24. The van der Waals surface area contributed by atoms with Gasteiger partial charge in [0.25, 0.3) is 0 Å². The van der Waals surface area contributed by atoms with Crippen molar-refractivity contribution in [1.29, 1.82) is 0 Å². The van der Waals surface area contributed by atoms with E-state index in [4.69, 9.17) is 4.74 Å². The third-order valence-electron chi connectivity index (χ3n) is 3.21. The second-order valence-electron chi connectivity index (χ2n) is 4.35. The molecule has 0 unspecified atom stereocenters. The number of ether oxygens (including phenoxy) is 1. The lowest BCUT2D eigenvalue weighted by molar-refractivity contribution is -0.137. The van der Waals surface area contributed by atoms with Crippen molar-refractivity contribution >= 4 is 5.97 Å².